The van der Waals surface area contributed by atoms with Crippen molar-refractivity contribution in [1.82, 2.24) is 14.5 Å². The molecule has 0 radical (unpaired) electrons. The van der Waals surface area contributed by atoms with Crippen molar-refractivity contribution in [2.45, 2.75) is 6.54 Å². The smallest absolute Gasteiger partial charge is 0.261 e. The third-order valence-corrected chi connectivity index (χ3v) is 3.99. The van der Waals surface area contributed by atoms with Gasteiger partial charge in [0.05, 0.1) is 10.9 Å². The van der Waals surface area contributed by atoms with Crippen LogP contribution in [-0.2, 0) is 6.54 Å². The van der Waals surface area contributed by atoms with Gasteiger partial charge in [-0.1, -0.05) is 23.7 Å². The third kappa shape index (κ3) is 3.28. The van der Waals surface area contributed by atoms with E-state index in [0.29, 0.717) is 28.3 Å². The molecule has 0 spiro atoms. The molecule has 0 saturated carbocycles. The zero-order valence-corrected chi connectivity index (χ0v) is 13.9. The quantitative estimate of drug-likeness (QED) is 0.738. The molecule has 2 aromatic carbocycles. The van der Waals surface area contributed by atoms with E-state index in [1.54, 1.807) is 4.57 Å². The zero-order valence-electron chi connectivity index (χ0n) is 13.2. The molecule has 5 heteroatoms. The number of rotatable bonds is 4. The molecule has 0 N–H and O–H groups in total. The number of benzene rings is 2. The second kappa shape index (κ2) is 6.52. The lowest BCUT2D eigenvalue weighted by Crippen LogP contribution is -2.28. The van der Waals surface area contributed by atoms with Crippen molar-refractivity contribution in [2.24, 2.45) is 0 Å². The zero-order chi connectivity index (χ0) is 16.4. The van der Waals surface area contributed by atoms with Gasteiger partial charge in [-0.2, -0.15) is 0 Å². The normalized spacial score (nSPS) is 11.3. The second-order valence-electron chi connectivity index (χ2n) is 5.72. The van der Waals surface area contributed by atoms with Gasteiger partial charge in [-0.05, 0) is 50.5 Å². The van der Waals surface area contributed by atoms with Crippen LogP contribution in [0.15, 0.2) is 53.3 Å². The second-order valence-corrected chi connectivity index (χ2v) is 6.16. The van der Waals surface area contributed by atoms with Gasteiger partial charge in [0.1, 0.15) is 5.82 Å². The Morgan fingerprint density at radius 3 is 2.48 bits per heavy atom. The van der Waals surface area contributed by atoms with E-state index in [1.807, 2.05) is 67.5 Å². The molecule has 4 nitrogen and oxygen atoms in total. The molecule has 23 heavy (non-hydrogen) atoms. The maximum atomic E-state index is 12.9. The summed E-state index contributed by atoms with van der Waals surface area (Å²) >= 11 is 5.97. The molecule has 0 aliphatic heterocycles. The molecule has 0 aliphatic carbocycles. The summed E-state index contributed by atoms with van der Waals surface area (Å²) in [6.45, 7) is 1.35. The van der Waals surface area contributed by atoms with Gasteiger partial charge in [0.2, 0.25) is 0 Å². The van der Waals surface area contributed by atoms with Crippen LogP contribution in [0.1, 0.15) is 0 Å². The van der Waals surface area contributed by atoms with E-state index >= 15 is 0 Å². The first kappa shape index (κ1) is 15.7. The van der Waals surface area contributed by atoms with Crippen LogP contribution in [0.3, 0.4) is 0 Å². The van der Waals surface area contributed by atoms with Gasteiger partial charge in [0, 0.05) is 23.7 Å². The van der Waals surface area contributed by atoms with E-state index in [2.05, 4.69) is 0 Å². The highest BCUT2D eigenvalue weighted by atomic mass is 35.5. The lowest BCUT2D eigenvalue weighted by Gasteiger charge is -2.16. The Labute approximate surface area is 140 Å². The SMILES string of the molecule is CN(C)CCn1c(-c2ccc(Cl)cc2)nc2ccccc2c1=O. The maximum Gasteiger partial charge on any atom is 0.261 e. The van der Waals surface area contributed by atoms with Gasteiger partial charge >= 0.3 is 0 Å². The maximum absolute atomic E-state index is 12.9. The summed E-state index contributed by atoms with van der Waals surface area (Å²) in [5, 5.41) is 1.31. The van der Waals surface area contributed by atoms with Gasteiger partial charge in [0.25, 0.3) is 5.56 Å². The Hall–Kier alpha value is -2.17. The lowest BCUT2D eigenvalue weighted by atomic mass is 10.1. The van der Waals surface area contributed by atoms with Crippen molar-refractivity contribution in [1.29, 1.82) is 0 Å². The van der Waals surface area contributed by atoms with E-state index in [4.69, 9.17) is 16.6 Å². The highest BCUT2D eigenvalue weighted by Crippen LogP contribution is 2.21. The van der Waals surface area contributed by atoms with Crippen molar-refractivity contribution in [2.75, 3.05) is 20.6 Å². The van der Waals surface area contributed by atoms with Crippen LogP contribution in [0, 0.1) is 0 Å². The number of nitrogens with zero attached hydrogens (tertiary/aromatic N) is 3. The summed E-state index contributed by atoms with van der Waals surface area (Å²) in [4.78, 5) is 19.6. The number of hydrogen-bond donors (Lipinski definition) is 0. The fraction of sp³-hybridized carbons (Fsp3) is 0.222. The predicted molar refractivity (Wildman–Crippen MR) is 95.0 cm³/mol. The van der Waals surface area contributed by atoms with Crippen LogP contribution in [-0.4, -0.2) is 35.1 Å². The predicted octanol–water partition coefficient (Wildman–Crippen LogP) is 3.28. The molecule has 3 aromatic rings. The summed E-state index contributed by atoms with van der Waals surface area (Å²) in [7, 11) is 3.98. The summed E-state index contributed by atoms with van der Waals surface area (Å²) in [5.41, 5.74) is 1.59. The average molecular weight is 328 g/mol. The highest BCUT2D eigenvalue weighted by molar-refractivity contribution is 6.30. The van der Waals surface area contributed by atoms with Gasteiger partial charge in [-0.3, -0.25) is 9.36 Å². The van der Waals surface area contributed by atoms with Gasteiger partial charge in [-0.25, -0.2) is 4.98 Å². The van der Waals surface area contributed by atoms with Crippen molar-refractivity contribution in [3.05, 3.63) is 63.9 Å². The highest BCUT2D eigenvalue weighted by Gasteiger charge is 2.12. The van der Waals surface area contributed by atoms with Crippen LogP contribution in [0.2, 0.25) is 5.02 Å². The minimum atomic E-state index is -0.0117. The van der Waals surface area contributed by atoms with Crippen molar-refractivity contribution < 1.29 is 0 Å². The molecule has 3 rings (SSSR count). The van der Waals surface area contributed by atoms with Crippen molar-refractivity contribution in [3.63, 3.8) is 0 Å². The number of halogens is 1. The Morgan fingerprint density at radius 2 is 1.78 bits per heavy atom. The summed E-state index contributed by atoms with van der Waals surface area (Å²) in [6.07, 6.45) is 0. The molecule has 1 aromatic heterocycles. The molecule has 0 atom stereocenters. The fourth-order valence-electron chi connectivity index (χ4n) is 2.49. The molecule has 118 valence electrons. The number of aromatic nitrogens is 2. The van der Waals surface area contributed by atoms with Crippen LogP contribution >= 0.6 is 11.6 Å². The Kier molecular flexibility index (Phi) is 4.46. The summed E-state index contributed by atoms with van der Waals surface area (Å²) in [6, 6.07) is 14.9. The summed E-state index contributed by atoms with van der Waals surface area (Å²) < 4.78 is 1.74. The molecule has 1 heterocycles. The van der Waals surface area contributed by atoms with Crippen molar-refractivity contribution in [3.8, 4) is 11.4 Å². The topological polar surface area (TPSA) is 38.1 Å². The molecule has 0 bridgehead atoms. The van der Waals surface area contributed by atoms with Crippen LogP contribution in [0.4, 0.5) is 0 Å². The Bertz CT molecular complexity index is 885. The molecule has 0 fully saturated rings. The number of fused-ring (bicyclic) bond motifs is 1. The van der Waals surface area contributed by atoms with Gasteiger partial charge in [0.15, 0.2) is 0 Å². The number of likely N-dealkylation sites (N-methyl/N-ethyl adjacent to an activating group) is 1. The first-order chi connectivity index (χ1) is 11.1. The van der Waals surface area contributed by atoms with Gasteiger partial charge < -0.3 is 4.90 Å². The average Bonchev–Trinajstić information content (AvgIpc) is 2.54. The van der Waals surface area contributed by atoms with Crippen LogP contribution in [0.25, 0.3) is 22.3 Å². The lowest BCUT2D eigenvalue weighted by molar-refractivity contribution is 0.381. The summed E-state index contributed by atoms with van der Waals surface area (Å²) in [5.74, 6) is 0.673. The van der Waals surface area contributed by atoms with E-state index in [1.165, 1.54) is 0 Å². The molecule has 0 amide bonds. The van der Waals surface area contributed by atoms with E-state index < -0.39 is 0 Å². The largest absolute Gasteiger partial charge is 0.308 e. The Balaban J connectivity index is 2.22. The molecule has 0 saturated heterocycles. The molecule has 0 unspecified atom stereocenters. The van der Waals surface area contributed by atoms with E-state index in [9.17, 15) is 4.79 Å². The number of hydrogen-bond acceptors (Lipinski definition) is 3. The minimum Gasteiger partial charge on any atom is -0.308 e. The molecule has 0 aliphatic rings. The Morgan fingerprint density at radius 1 is 1.09 bits per heavy atom. The van der Waals surface area contributed by atoms with Gasteiger partial charge in [-0.15, -0.1) is 0 Å². The van der Waals surface area contributed by atoms with E-state index in [0.717, 1.165) is 12.1 Å². The monoisotopic (exact) mass is 327 g/mol. The van der Waals surface area contributed by atoms with Crippen LogP contribution in [0.5, 0.6) is 0 Å². The fourth-order valence-corrected chi connectivity index (χ4v) is 2.62. The van der Waals surface area contributed by atoms with Crippen LogP contribution < -0.4 is 5.56 Å². The first-order valence-corrected chi connectivity index (χ1v) is 7.84. The molecular weight excluding hydrogens is 310 g/mol. The van der Waals surface area contributed by atoms with E-state index in [-0.39, 0.29) is 5.56 Å². The third-order valence-electron chi connectivity index (χ3n) is 3.73. The molecular formula is C18H18ClN3O. The standard InChI is InChI=1S/C18H18ClN3O/c1-21(2)11-12-22-17(13-7-9-14(19)10-8-13)20-16-6-4-3-5-15(16)18(22)23/h3-10H,11-12H2,1-2H3. The minimum absolute atomic E-state index is 0.0117. The number of para-hydroxylation sites is 1. The van der Waals surface area contributed by atoms with Crippen molar-refractivity contribution >= 4 is 22.5 Å². The first-order valence-electron chi connectivity index (χ1n) is 7.46.